The molecule has 2 rings (SSSR count). The molecule has 0 bridgehead atoms. The first-order valence-electron chi connectivity index (χ1n) is 5.35. The van der Waals surface area contributed by atoms with Crippen molar-refractivity contribution in [2.75, 3.05) is 10.6 Å². The molecule has 1 aromatic carbocycles. The van der Waals surface area contributed by atoms with Gasteiger partial charge in [0, 0.05) is 0 Å². The van der Waals surface area contributed by atoms with Gasteiger partial charge in [-0.2, -0.15) is 0 Å². The molecule has 0 aromatic heterocycles. The van der Waals surface area contributed by atoms with Crippen molar-refractivity contribution in [2.45, 2.75) is 27.2 Å². The fraction of sp³-hybridized carbons (Fsp3) is 0.333. The smallest absolute Gasteiger partial charge is 0.233 e. The molecule has 1 aliphatic heterocycles. The minimum Gasteiger partial charge on any atom is -0.324 e. The standard InChI is InChI=1S/C10H10N2O2.C2H6/c1-6-2-3-7-8(4-6)12-10(14)5-9(13)11-7;1-2/h2-4H,5H2,1H3,(H,11,13)(H,12,14);1-2H3. The summed E-state index contributed by atoms with van der Waals surface area (Å²) in [6.07, 6.45) is -0.117. The van der Waals surface area contributed by atoms with Crippen LogP contribution < -0.4 is 10.6 Å². The molecule has 4 heteroatoms. The molecule has 1 aromatic rings. The molecule has 4 nitrogen and oxygen atoms in total. The van der Waals surface area contributed by atoms with E-state index < -0.39 is 0 Å². The van der Waals surface area contributed by atoms with Gasteiger partial charge in [0.2, 0.25) is 11.8 Å². The van der Waals surface area contributed by atoms with Crippen LogP contribution in [0.5, 0.6) is 0 Å². The average Bonchev–Trinajstić information content (AvgIpc) is 2.37. The molecule has 1 aliphatic rings. The Morgan fingerprint density at radius 2 is 1.56 bits per heavy atom. The molecule has 0 saturated carbocycles. The van der Waals surface area contributed by atoms with E-state index >= 15 is 0 Å². The number of carbonyl (C=O) groups excluding carboxylic acids is 2. The number of anilines is 2. The van der Waals surface area contributed by atoms with E-state index in [1.807, 2.05) is 32.9 Å². The van der Waals surface area contributed by atoms with Gasteiger partial charge in [-0.3, -0.25) is 9.59 Å². The van der Waals surface area contributed by atoms with Crippen LogP contribution in [0.1, 0.15) is 25.8 Å². The van der Waals surface area contributed by atoms with E-state index in [1.165, 1.54) is 0 Å². The van der Waals surface area contributed by atoms with E-state index in [2.05, 4.69) is 10.6 Å². The SMILES string of the molecule is CC.Cc1ccc2c(c1)NC(=O)CC(=O)N2. The van der Waals surface area contributed by atoms with Crippen LogP contribution in [0.2, 0.25) is 0 Å². The molecule has 0 atom stereocenters. The first-order chi connectivity index (χ1) is 7.65. The zero-order valence-corrected chi connectivity index (χ0v) is 9.76. The van der Waals surface area contributed by atoms with Crippen molar-refractivity contribution in [3.63, 3.8) is 0 Å². The van der Waals surface area contributed by atoms with Crippen molar-refractivity contribution < 1.29 is 9.59 Å². The number of fused-ring (bicyclic) bond motifs is 1. The third-order valence-corrected chi connectivity index (χ3v) is 2.04. The fourth-order valence-electron chi connectivity index (χ4n) is 1.41. The highest BCUT2D eigenvalue weighted by Gasteiger charge is 2.17. The Balaban J connectivity index is 0.000000606. The molecule has 2 amide bonds. The highest BCUT2D eigenvalue weighted by Crippen LogP contribution is 2.25. The molecule has 0 fully saturated rings. The summed E-state index contributed by atoms with van der Waals surface area (Å²) >= 11 is 0. The summed E-state index contributed by atoms with van der Waals surface area (Å²) < 4.78 is 0. The Labute approximate surface area is 95.0 Å². The van der Waals surface area contributed by atoms with Crippen LogP contribution in [0.4, 0.5) is 11.4 Å². The second-order valence-electron chi connectivity index (χ2n) is 3.32. The Morgan fingerprint density at radius 3 is 2.19 bits per heavy atom. The van der Waals surface area contributed by atoms with Crippen LogP contribution >= 0.6 is 0 Å². The van der Waals surface area contributed by atoms with Crippen molar-refractivity contribution in [1.82, 2.24) is 0 Å². The number of nitrogens with one attached hydrogen (secondary N) is 2. The van der Waals surface area contributed by atoms with Crippen molar-refractivity contribution in [2.24, 2.45) is 0 Å². The number of rotatable bonds is 0. The minimum absolute atomic E-state index is 0.117. The third-order valence-electron chi connectivity index (χ3n) is 2.04. The molecule has 16 heavy (non-hydrogen) atoms. The van der Waals surface area contributed by atoms with E-state index in [0.717, 1.165) is 5.56 Å². The monoisotopic (exact) mass is 220 g/mol. The highest BCUT2D eigenvalue weighted by molar-refractivity contribution is 6.13. The summed E-state index contributed by atoms with van der Waals surface area (Å²) in [5.74, 6) is -0.544. The molecular weight excluding hydrogens is 204 g/mol. The first-order valence-corrected chi connectivity index (χ1v) is 5.35. The quantitative estimate of drug-likeness (QED) is 0.659. The van der Waals surface area contributed by atoms with Crippen LogP contribution in [0.15, 0.2) is 18.2 Å². The predicted octanol–water partition coefficient (Wildman–Crippen LogP) is 2.30. The lowest BCUT2D eigenvalue weighted by Crippen LogP contribution is -2.16. The van der Waals surface area contributed by atoms with Crippen LogP contribution in [0, 0.1) is 6.92 Å². The van der Waals surface area contributed by atoms with E-state index in [-0.39, 0.29) is 18.2 Å². The maximum Gasteiger partial charge on any atom is 0.233 e. The number of hydrogen-bond donors (Lipinski definition) is 2. The molecule has 86 valence electrons. The molecule has 0 unspecified atom stereocenters. The van der Waals surface area contributed by atoms with Gasteiger partial charge in [-0.25, -0.2) is 0 Å². The molecule has 0 saturated heterocycles. The molecule has 2 N–H and O–H groups in total. The topological polar surface area (TPSA) is 58.2 Å². The maximum absolute atomic E-state index is 11.2. The van der Waals surface area contributed by atoms with Crippen LogP contribution in [-0.2, 0) is 9.59 Å². The molecular formula is C12H16N2O2. The summed E-state index contributed by atoms with van der Waals surface area (Å²) in [5, 5.41) is 5.33. The number of amides is 2. The lowest BCUT2D eigenvalue weighted by Gasteiger charge is -2.06. The maximum atomic E-state index is 11.2. The van der Waals surface area contributed by atoms with Crippen molar-refractivity contribution in [1.29, 1.82) is 0 Å². The van der Waals surface area contributed by atoms with Gasteiger partial charge in [0.1, 0.15) is 6.42 Å². The average molecular weight is 220 g/mol. The highest BCUT2D eigenvalue weighted by atomic mass is 16.2. The fourth-order valence-corrected chi connectivity index (χ4v) is 1.41. The van der Waals surface area contributed by atoms with E-state index in [1.54, 1.807) is 6.07 Å². The molecule has 0 radical (unpaired) electrons. The molecule has 0 spiro atoms. The van der Waals surface area contributed by atoms with Crippen molar-refractivity contribution >= 4 is 23.2 Å². The Morgan fingerprint density at radius 1 is 1.00 bits per heavy atom. The zero-order valence-electron chi connectivity index (χ0n) is 9.76. The van der Waals surface area contributed by atoms with Gasteiger partial charge in [0.05, 0.1) is 11.4 Å². The Hall–Kier alpha value is -1.84. The van der Waals surface area contributed by atoms with Gasteiger partial charge in [0.15, 0.2) is 0 Å². The van der Waals surface area contributed by atoms with Gasteiger partial charge < -0.3 is 10.6 Å². The Kier molecular flexibility index (Phi) is 4.05. The summed E-state index contributed by atoms with van der Waals surface area (Å²) in [7, 11) is 0. The predicted molar refractivity (Wildman–Crippen MR) is 64.4 cm³/mol. The van der Waals surface area contributed by atoms with Gasteiger partial charge in [-0.1, -0.05) is 19.9 Å². The normalized spacial score (nSPS) is 13.7. The third kappa shape index (κ3) is 2.82. The summed E-state index contributed by atoms with van der Waals surface area (Å²) in [6, 6.07) is 5.50. The van der Waals surface area contributed by atoms with E-state index in [4.69, 9.17) is 0 Å². The number of aryl methyl sites for hydroxylation is 1. The second kappa shape index (κ2) is 5.30. The van der Waals surface area contributed by atoms with Gasteiger partial charge in [-0.05, 0) is 24.6 Å². The van der Waals surface area contributed by atoms with Crippen LogP contribution in [-0.4, -0.2) is 11.8 Å². The first kappa shape index (κ1) is 12.2. The van der Waals surface area contributed by atoms with Gasteiger partial charge in [0.25, 0.3) is 0 Å². The largest absolute Gasteiger partial charge is 0.324 e. The molecule has 1 heterocycles. The lowest BCUT2D eigenvalue weighted by atomic mass is 10.2. The number of hydrogen-bond acceptors (Lipinski definition) is 2. The zero-order chi connectivity index (χ0) is 12.1. The van der Waals surface area contributed by atoms with Gasteiger partial charge >= 0.3 is 0 Å². The van der Waals surface area contributed by atoms with E-state index in [9.17, 15) is 9.59 Å². The van der Waals surface area contributed by atoms with Crippen molar-refractivity contribution in [3.8, 4) is 0 Å². The summed E-state index contributed by atoms with van der Waals surface area (Å²) in [5.41, 5.74) is 2.37. The Bertz CT molecular complexity index is 413. The van der Waals surface area contributed by atoms with Gasteiger partial charge in [-0.15, -0.1) is 0 Å². The summed E-state index contributed by atoms with van der Waals surface area (Å²) in [4.78, 5) is 22.4. The lowest BCUT2D eigenvalue weighted by molar-refractivity contribution is -0.123. The minimum atomic E-state index is -0.273. The van der Waals surface area contributed by atoms with E-state index in [0.29, 0.717) is 11.4 Å². The number of carbonyl (C=O) groups is 2. The van der Waals surface area contributed by atoms with Crippen LogP contribution in [0.3, 0.4) is 0 Å². The number of benzene rings is 1. The van der Waals surface area contributed by atoms with Crippen molar-refractivity contribution in [3.05, 3.63) is 23.8 Å². The second-order valence-corrected chi connectivity index (χ2v) is 3.32. The summed E-state index contributed by atoms with van der Waals surface area (Å²) in [6.45, 7) is 5.93. The van der Waals surface area contributed by atoms with Crippen LogP contribution in [0.25, 0.3) is 0 Å². The molecule has 0 aliphatic carbocycles.